The van der Waals surface area contributed by atoms with Gasteiger partial charge in [-0.3, -0.25) is 0 Å². The highest BCUT2D eigenvalue weighted by atomic mass is 16.5. The van der Waals surface area contributed by atoms with E-state index in [4.69, 9.17) is 5.11 Å². The second-order valence-corrected chi connectivity index (χ2v) is 6.68. The summed E-state index contributed by atoms with van der Waals surface area (Å²) in [6, 6.07) is 11.2. The van der Waals surface area contributed by atoms with Gasteiger partial charge in [-0.25, -0.2) is 0 Å². The monoisotopic (exact) mass is 348 g/mol. The SMILES string of the molecule is OCc1ccc(C2=CCC(c3ccc4c(c3)C=CC4C(O)O)=C2)c(O)c1. The highest BCUT2D eigenvalue weighted by molar-refractivity contribution is 5.91. The molecule has 1 unspecified atom stereocenters. The number of phenolic OH excluding ortho intramolecular Hbond substituents is 1. The normalized spacial score (nSPS) is 18.2. The van der Waals surface area contributed by atoms with Crippen LogP contribution in [0.25, 0.3) is 17.2 Å². The number of allylic oxidation sites excluding steroid dienone is 4. The summed E-state index contributed by atoms with van der Waals surface area (Å²) in [6.45, 7) is -0.0971. The highest BCUT2D eigenvalue weighted by Crippen LogP contribution is 2.38. The summed E-state index contributed by atoms with van der Waals surface area (Å²) in [5, 5.41) is 38.3. The molecule has 4 N–H and O–H groups in total. The van der Waals surface area contributed by atoms with Gasteiger partial charge in [0.25, 0.3) is 0 Å². The minimum Gasteiger partial charge on any atom is -0.507 e. The quantitative estimate of drug-likeness (QED) is 0.640. The third-order valence-corrected chi connectivity index (χ3v) is 5.05. The van der Waals surface area contributed by atoms with Crippen molar-refractivity contribution in [1.29, 1.82) is 0 Å². The van der Waals surface area contributed by atoms with E-state index in [0.717, 1.165) is 39.8 Å². The fourth-order valence-corrected chi connectivity index (χ4v) is 3.63. The molecule has 0 aliphatic heterocycles. The summed E-state index contributed by atoms with van der Waals surface area (Å²) >= 11 is 0. The summed E-state index contributed by atoms with van der Waals surface area (Å²) in [6.07, 6.45) is 7.25. The topological polar surface area (TPSA) is 80.9 Å². The van der Waals surface area contributed by atoms with Crippen molar-refractivity contribution in [1.82, 2.24) is 0 Å². The Kier molecular flexibility index (Phi) is 4.24. The molecule has 2 aliphatic rings. The first-order valence-electron chi connectivity index (χ1n) is 8.59. The third-order valence-electron chi connectivity index (χ3n) is 5.05. The van der Waals surface area contributed by atoms with Gasteiger partial charge in [0.05, 0.1) is 12.5 Å². The van der Waals surface area contributed by atoms with Crippen LogP contribution in [0.15, 0.2) is 54.6 Å². The van der Waals surface area contributed by atoms with Gasteiger partial charge in [-0.1, -0.05) is 48.6 Å². The first-order valence-corrected chi connectivity index (χ1v) is 8.59. The van der Waals surface area contributed by atoms with E-state index >= 15 is 0 Å². The lowest BCUT2D eigenvalue weighted by Gasteiger charge is -2.14. The summed E-state index contributed by atoms with van der Waals surface area (Å²) in [7, 11) is 0. The zero-order valence-electron chi connectivity index (χ0n) is 14.1. The molecule has 0 saturated heterocycles. The van der Waals surface area contributed by atoms with Crippen LogP contribution in [0.1, 0.15) is 40.2 Å². The van der Waals surface area contributed by atoms with Gasteiger partial charge in [0.1, 0.15) is 5.75 Å². The molecule has 2 aromatic carbocycles. The van der Waals surface area contributed by atoms with E-state index in [2.05, 4.69) is 18.2 Å². The second kappa shape index (κ2) is 6.57. The molecule has 0 heterocycles. The van der Waals surface area contributed by atoms with Crippen LogP contribution in [-0.4, -0.2) is 26.7 Å². The van der Waals surface area contributed by atoms with E-state index in [-0.39, 0.29) is 18.3 Å². The molecule has 0 saturated carbocycles. The maximum absolute atomic E-state index is 10.2. The van der Waals surface area contributed by atoms with Crippen molar-refractivity contribution in [2.45, 2.75) is 25.2 Å². The molecule has 1 atom stereocenters. The number of aliphatic hydroxyl groups excluding tert-OH is 2. The van der Waals surface area contributed by atoms with Crippen LogP contribution >= 0.6 is 0 Å². The van der Waals surface area contributed by atoms with Gasteiger partial charge >= 0.3 is 0 Å². The molecule has 4 rings (SSSR count). The molecule has 26 heavy (non-hydrogen) atoms. The molecule has 4 heteroatoms. The lowest BCUT2D eigenvalue weighted by atomic mass is 9.95. The van der Waals surface area contributed by atoms with Crippen molar-refractivity contribution in [2.75, 3.05) is 0 Å². The minimum atomic E-state index is -1.39. The first-order chi connectivity index (χ1) is 12.6. The molecule has 0 spiro atoms. The van der Waals surface area contributed by atoms with Gasteiger partial charge in [0.2, 0.25) is 0 Å². The fraction of sp³-hybridized carbons (Fsp3) is 0.182. The lowest BCUT2D eigenvalue weighted by Crippen LogP contribution is -2.14. The number of phenols is 1. The standard InChI is InChI=1S/C22H20O4/c23-12-13-1-6-19(21(24)9-13)17-3-2-14(11-17)15-4-7-18-16(10-15)5-8-20(18)22(25)26/h1,3-11,20,22-26H,2,12H2. The average molecular weight is 348 g/mol. The summed E-state index contributed by atoms with van der Waals surface area (Å²) in [5.74, 6) is -0.204. The predicted octanol–water partition coefficient (Wildman–Crippen LogP) is 3.18. The summed E-state index contributed by atoms with van der Waals surface area (Å²) < 4.78 is 0. The molecular weight excluding hydrogens is 328 g/mol. The van der Waals surface area contributed by atoms with Gasteiger partial charge in [-0.2, -0.15) is 0 Å². The fourth-order valence-electron chi connectivity index (χ4n) is 3.63. The zero-order valence-corrected chi connectivity index (χ0v) is 14.1. The Balaban J connectivity index is 1.62. The van der Waals surface area contributed by atoms with Crippen LogP contribution in [0, 0.1) is 0 Å². The zero-order chi connectivity index (χ0) is 18.3. The van der Waals surface area contributed by atoms with Gasteiger partial charge in [-0.15, -0.1) is 0 Å². The molecule has 0 amide bonds. The molecule has 2 aromatic rings. The van der Waals surface area contributed by atoms with Crippen molar-refractivity contribution in [3.63, 3.8) is 0 Å². The molecule has 2 aliphatic carbocycles. The van der Waals surface area contributed by atoms with Crippen LogP contribution in [0.4, 0.5) is 0 Å². The van der Waals surface area contributed by atoms with Gasteiger partial charge in [-0.05, 0) is 52.0 Å². The maximum atomic E-state index is 10.2. The first kappa shape index (κ1) is 16.8. The van der Waals surface area contributed by atoms with Crippen molar-refractivity contribution >= 4 is 17.2 Å². The van der Waals surface area contributed by atoms with Gasteiger partial charge in [0, 0.05) is 5.56 Å². The number of hydrogen-bond donors (Lipinski definition) is 4. The van der Waals surface area contributed by atoms with E-state index in [1.165, 1.54) is 0 Å². The van der Waals surface area contributed by atoms with Crippen molar-refractivity contribution in [3.05, 3.63) is 82.4 Å². The minimum absolute atomic E-state index is 0.0971. The molecule has 0 fully saturated rings. The van der Waals surface area contributed by atoms with Crippen LogP contribution in [0.5, 0.6) is 5.75 Å². The van der Waals surface area contributed by atoms with Gasteiger partial charge in [0.15, 0.2) is 6.29 Å². The van der Waals surface area contributed by atoms with Crippen molar-refractivity contribution in [3.8, 4) is 5.75 Å². The van der Waals surface area contributed by atoms with Gasteiger partial charge < -0.3 is 20.4 Å². The van der Waals surface area contributed by atoms with E-state index in [1.54, 1.807) is 6.07 Å². The van der Waals surface area contributed by atoms with E-state index in [0.29, 0.717) is 5.56 Å². The number of benzene rings is 2. The number of aliphatic hydroxyl groups is 3. The number of hydrogen-bond acceptors (Lipinski definition) is 4. The predicted molar refractivity (Wildman–Crippen MR) is 101 cm³/mol. The maximum Gasteiger partial charge on any atom is 0.161 e. The second-order valence-electron chi connectivity index (χ2n) is 6.68. The van der Waals surface area contributed by atoms with Crippen LogP contribution in [-0.2, 0) is 6.61 Å². The van der Waals surface area contributed by atoms with E-state index in [1.807, 2.05) is 36.4 Å². The lowest BCUT2D eigenvalue weighted by molar-refractivity contribution is -0.0490. The van der Waals surface area contributed by atoms with E-state index < -0.39 is 6.29 Å². The van der Waals surface area contributed by atoms with E-state index in [9.17, 15) is 15.3 Å². The molecule has 0 bridgehead atoms. The Hall–Kier alpha value is -2.66. The smallest absolute Gasteiger partial charge is 0.161 e. The van der Waals surface area contributed by atoms with Crippen LogP contribution < -0.4 is 0 Å². The highest BCUT2D eigenvalue weighted by Gasteiger charge is 2.23. The van der Waals surface area contributed by atoms with Crippen molar-refractivity contribution < 1.29 is 20.4 Å². The Morgan fingerprint density at radius 1 is 1.08 bits per heavy atom. The number of fused-ring (bicyclic) bond motifs is 1. The Labute approximate surface area is 151 Å². The number of rotatable bonds is 4. The largest absolute Gasteiger partial charge is 0.507 e. The Morgan fingerprint density at radius 2 is 1.92 bits per heavy atom. The summed E-state index contributed by atoms with van der Waals surface area (Å²) in [4.78, 5) is 0. The molecular formula is C22H20O4. The van der Waals surface area contributed by atoms with Crippen LogP contribution in [0.2, 0.25) is 0 Å². The summed E-state index contributed by atoms with van der Waals surface area (Å²) in [5.41, 5.74) is 6.55. The Bertz CT molecular complexity index is 951. The molecule has 132 valence electrons. The number of aromatic hydroxyl groups is 1. The third kappa shape index (κ3) is 2.88. The van der Waals surface area contributed by atoms with Crippen molar-refractivity contribution in [2.24, 2.45) is 0 Å². The molecule has 0 aromatic heterocycles. The van der Waals surface area contributed by atoms with Crippen LogP contribution in [0.3, 0.4) is 0 Å². The molecule has 4 nitrogen and oxygen atoms in total. The molecule has 0 radical (unpaired) electrons. The Morgan fingerprint density at radius 3 is 2.65 bits per heavy atom. The average Bonchev–Trinajstić information content (AvgIpc) is 3.28.